The molecule has 0 unspecified atom stereocenters. The molecule has 0 saturated carbocycles. The molecule has 0 spiro atoms. The molecule has 0 amide bonds. The molecule has 11 rings (SSSR count). The fraction of sp³-hybridized carbons (Fsp3) is 0. The molecule has 248 valence electrons. The lowest BCUT2D eigenvalue weighted by atomic mass is 10.1. The van der Waals surface area contributed by atoms with E-state index in [0.717, 1.165) is 60.8 Å². The zero-order chi connectivity index (χ0) is 34.9. The van der Waals surface area contributed by atoms with Crippen LogP contribution in [-0.2, 0) is 0 Å². The van der Waals surface area contributed by atoms with Crippen molar-refractivity contribution in [3.05, 3.63) is 182 Å². The summed E-state index contributed by atoms with van der Waals surface area (Å²) in [6, 6.07) is 64.9. The van der Waals surface area contributed by atoms with E-state index in [-0.39, 0.29) is 0 Å². The van der Waals surface area contributed by atoms with Gasteiger partial charge in [-0.05, 0) is 66.0 Å². The van der Waals surface area contributed by atoms with Gasteiger partial charge in [-0.3, -0.25) is 0 Å². The topological polar surface area (TPSA) is 35.6 Å². The summed E-state index contributed by atoms with van der Waals surface area (Å²) in [7, 11) is 0. The lowest BCUT2D eigenvalue weighted by Crippen LogP contribution is -2.02. The van der Waals surface area contributed by atoms with E-state index in [9.17, 15) is 0 Å². The number of rotatable bonds is 5. The van der Waals surface area contributed by atoms with Gasteiger partial charge in [-0.25, -0.2) is 9.97 Å². The van der Waals surface area contributed by atoms with E-state index in [4.69, 9.17) is 9.97 Å². The number of hydrogen-bond acceptors (Lipinski definition) is 3. The van der Waals surface area contributed by atoms with Crippen LogP contribution >= 0.6 is 11.3 Å². The maximum Gasteiger partial charge on any atom is 0.160 e. The lowest BCUT2D eigenvalue weighted by molar-refractivity contribution is 1.12. The highest BCUT2D eigenvalue weighted by molar-refractivity contribution is 7.22. The molecule has 7 aromatic carbocycles. The standard InChI is InChI=1S/C48H30N4S/c1-2-14-31(15-3-1)40-30-41(47-28-32-16-4-13-25-46(32)53-47)50-48(49-40)33-26-34(51-42-21-9-5-17-36(42)37-18-6-10-22-43(37)51)29-35(27-33)52-44-23-11-7-19-38(44)39-20-8-12-24-45(39)52/h1-30H. The maximum atomic E-state index is 5.37. The number of aromatic nitrogens is 4. The monoisotopic (exact) mass is 694 g/mol. The van der Waals surface area contributed by atoms with Crippen LogP contribution in [0.4, 0.5) is 0 Å². The molecule has 4 nitrogen and oxygen atoms in total. The summed E-state index contributed by atoms with van der Waals surface area (Å²) in [5.74, 6) is 0.684. The van der Waals surface area contributed by atoms with Crippen LogP contribution in [0.1, 0.15) is 0 Å². The molecule has 4 aromatic heterocycles. The van der Waals surface area contributed by atoms with Gasteiger partial charge >= 0.3 is 0 Å². The summed E-state index contributed by atoms with van der Waals surface area (Å²) >= 11 is 1.77. The third-order valence-corrected chi connectivity index (χ3v) is 11.4. The molecule has 5 heteroatoms. The molecular formula is C48H30N4S. The van der Waals surface area contributed by atoms with Gasteiger partial charge in [0, 0.05) is 48.7 Å². The largest absolute Gasteiger partial charge is 0.309 e. The van der Waals surface area contributed by atoms with E-state index in [1.807, 2.05) is 6.07 Å². The van der Waals surface area contributed by atoms with Crippen molar-refractivity contribution in [1.82, 2.24) is 19.1 Å². The Morgan fingerprint density at radius 3 is 1.40 bits per heavy atom. The van der Waals surface area contributed by atoms with Gasteiger partial charge in [0.1, 0.15) is 0 Å². The van der Waals surface area contributed by atoms with E-state index >= 15 is 0 Å². The first kappa shape index (κ1) is 29.9. The van der Waals surface area contributed by atoms with Crippen molar-refractivity contribution < 1.29 is 0 Å². The molecule has 53 heavy (non-hydrogen) atoms. The zero-order valence-electron chi connectivity index (χ0n) is 28.5. The average Bonchev–Trinajstić information content (AvgIpc) is 3.91. The molecule has 0 aliphatic heterocycles. The second-order valence-corrected chi connectivity index (χ2v) is 14.5. The zero-order valence-corrected chi connectivity index (χ0v) is 29.3. The van der Waals surface area contributed by atoms with Crippen LogP contribution in [0.25, 0.3) is 98.3 Å². The highest BCUT2D eigenvalue weighted by atomic mass is 32.1. The fourth-order valence-electron chi connectivity index (χ4n) is 7.95. The molecule has 0 aliphatic rings. The predicted octanol–water partition coefficient (Wildman–Crippen LogP) is 12.9. The summed E-state index contributed by atoms with van der Waals surface area (Å²) < 4.78 is 6.02. The number of hydrogen-bond donors (Lipinski definition) is 0. The van der Waals surface area contributed by atoms with E-state index in [0.29, 0.717) is 5.82 Å². The Labute approximate surface area is 309 Å². The minimum absolute atomic E-state index is 0.684. The summed E-state index contributed by atoms with van der Waals surface area (Å²) in [5, 5.41) is 6.11. The van der Waals surface area contributed by atoms with Crippen molar-refractivity contribution in [2.24, 2.45) is 0 Å². The Hall–Kier alpha value is -6.82. The fourth-order valence-corrected chi connectivity index (χ4v) is 8.97. The maximum absolute atomic E-state index is 5.37. The summed E-state index contributed by atoms with van der Waals surface area (Å²) in [6.45, 7) is 0. The third-order valence-electron chi connectivity index (χ3n) is 10.3. The number of para-hydroxylation sites is 4. The highest BCUT2D eigenvalue weighted by Crippen LogP contribution is 2.39. The Kier molecular flexibility index (Phi) is 6.69. The molecule has 4 heterocycles. The smallest absolute Gasteiger partial charge is 0.160 e. The first-order chi connectivity index (χ1) is 26.3. The normalized spacial score (nSPS) is 11.8. The van der Waals surface area contributed by atoms with Crippen LogP contribution in [0.5, 0.6) is 0 Å². The van der Waals surface area contributed by atoms with Crippen LogP contribution in [0.15, 0.2) is 182 Å². The van der Waals surface area contributed by atoms with Crippen molar-refractivity contribution in [1.29, 1.82) is 0 Å². The Balaban J connectivity index is 1.23. The van der Waals surface area contributed by atoms with Gasteiger partial charge in [0.05, 0.1) is 38.3 Å². The van der Waals surface area contributed by atoms with Crippen LogP contribution in [-0.4, -0.2) is 19.1 Å². The molecule has 0 bridgehead atoms. The summed E-state index contributed by atoms with van der Waals surface area (Å²) in [5.41, 5.74) is 10.5. The molecule has 0 fully saturated rings. The second-order valence-electron chi connectivity index (χ2n) is 13.5. The van der Waals surface area contributed by atoms with E-state index in [1.165, 1.54) is 31.6 Å². The quantitative estimate of drug-likeness (QED) is 0.180. The van der Waals surface area contributed by atoms with Gasteiger partial charge < -0.3 is 9.13 Å². The number of thiophene rings is 1. The minimum atomic E-state index is 0.684. The van der Waals surface area contributed by atoms with Gasteiger partial charge in [-0.15, -0.1) is 11.3 Å². The summed E-state index contributed by atoms with van der Waals surface area (Å²) in [6.07, 6.45) is 0. The molecular weight excluding hydrogens is 665 g/mol. The number of nitrogens with zero attached hydrogens (tertiary/aromatic N) is 4. The minimum Gasteiger partial charge on any atom is -0.309 e. The first-order valence-electron chi connectivity index (χ1n) is 17.8. The molecule has 0 N–H and O–H groups in total. The van der Waals surface area contributed by atoms with Crippen molar-refractivity contribution in [3.8, 4) is 44.6 Å². The van der Waals surface area contributed by atoms with Gasteiger partial charge in [-0.1, -0.05) is 121 Å². The van der Waals surface area contributed by atoms with Gasteiger partial charge in [0.25, 0.3) is 0 Å². The van der Waals surface area contributed by atoms with Crippen molar-refractivity contribution in [3.63, 3.8) is 0 Å². The van der Waals surface area contributed by atoms with Crippen molar-refractivity contribution in [2.75, 3.05) is 0 Å². The first-order valence-corrected chi connectivity index (χ1v) is 18.6. The van der Waals surface area contributed by atoms with E-state index in [2.05, 4.69) is 185 Å². The Morgan fingerprint density at radius 1 is 0.377 bits per heavy atom. The molecule has 11 aromatic rings. The van der Waals surface area contributed by atoms with Crippen molar-refractivity contribution >= 4 is 65.0 Å². The molecule has 0 aliphatic carbocycles. The second kappa shape index (κ2) is 11.9. The van der Waals surface area contributed by atoms with Crippen LogP contribution in [0, 0.1) is 0 Å². The number of benzene rings is 7. The molecule has 0 radical (unpaired) electrons. The van der Waals surface area contributed by atoms with Crippen LogP contribution in [0.3, 0.4) is 0 Å². The van der Waals surface area contributed by atoms with Gasteiger partial charge in [0.15, 0.2) is 5.82 Å². The van der Waals surface area contributed by atoms with Gasteiger partial charge in [0.2, 0.25) is 0 Å². The lowest BCUT2D eigenvalue weighted by Gasteiger charge is -2.16. The van der Waals surface area contributed by atoms with E-state index in [1.54, 1.807) is 11.3 Å². The average molecular weight is 695 g/mol. The molecule has 0 saturated heterocycles. The van der Waals surface area contributed by atoms with Crippen molar-refractivity contribution in [2.45, 2.75) is 0 Å². The molecule has 0 atom stereocenters. The SMILES string of the molecule is c1ccc(-c2cc(-c3cc4ccccc4s3)nc(-c3cc(-n4c5ccccc5c5ccccc54)cc(-n4c5ccccc5c5ccccc54)c3)n2)cc1. The Morgan fingerprint density at radius 2 is 0.849 bits per heavy atom. The highest BCUT2D eigenvalue weighted by Gasteiger charge is 2.19. The third kappa shape index (κ3) is 4.82. The van der Waals surface area contributed by atoms with Crippen LogP contribution in [0.2, 0.25) is 0 Å². The van der Waals surface area contributed by atoms with Gasteiger partial charge in [-0.2, -0.15) is 0 Å². The number of fused-ring (bicyclic) bond motifs is 7. The Bertz CT molecular complexity index is 2910. The van der Waals surface area contributed by atoms with Crippen LogP contribution < -0.4 is 0 Å². The predicted molar refractivity (Wildman–Crippen MR) is 222 cm³/mol. The van der Waals surface area contributed by atoms with E-state index < -0.39 is 0 Å². The summed E-state index contributed by atoms with van der Waals surface area (Å²) in [4.78, 5) is 11.8.